The van der Waals surface area contributed by atoms with E-state index < -0.39 is 0 Å². The highest BCUT2D eigenvalue weighted by atomic mass is 16.5. The second-order valence-electron chi connectivity index (χ2n) is 8.38. The van der Waals surface area contributed by atoms with Crippen LogP contribution < -0.4 is 19.7 Å². The maximum atomic E-state index is 13.1. The summed E-state index contributed by atoms with van der Waals surface area (Å²) in [6.07, 6.45) is 1.59. The van der Waals surface area contributed by atoms with E-state index in [2.05, 4.69) is 5.32 Å². The number of carbonyl (C=O) groups excluding carboxylic acids is 3. The summed E-state index contributed by atoms with van der Waals surface area (Å²) in [5.41, 5.74) is 1.33. The molecule has 0 aliphatic carbocycles. The molecule has 2 saturated heterocycles. The molecule has 2 aliphatic rings. The van der Waals surface area contributed by atoms with E-state index in [-0.39, 0.29) is 36.1 Å². The SMILES string of the molecule is COc1ccc(N2CC(C(=O)N3CCC(NC(=O)c4ccccc4)CC3)CC2=O)cc1OC. The van der Waals surface area contributed by atoms with Gasteiger partial charge in [0.2, 0.25) is 11.8 Å². The number of piperidine rings is 1. The van der Waals surface area contributed by atoms with E-state index in [1.165, 1.54) is 0 Å². The third kappa shape index (κ3) is 4.94. The molecule has 174 valence electrons. The van der Waals surface area contributed by atoms with Crippen LogP contribution in [0.15, 0.2) is 48.5 Å². The summed E-state index contributed by atoms with van der Waals surface area (Å²) in [5, 5.41) is 3.06. The first-order valence-electron chi connectivity index (χ1n) is 11.2. The molecule has 2 aliphatic heterocycles. The molecule has 0 saturated carbocycles. The Morgan fingerprint density at radius 3 is 2.33 bits per heavy atom. The molecule has 2 fully saturated rings. The predicted molar refractivity (Wildman–Crippen MR) is 124 cm³/mol. The molecule has 0 bridgehead atoms. The van der Waals surface area contributed by atoms with Crippen LogP contribution in [0, 0.1) is 5.92 Å². The van der Waals surface area contributed by atoms with Crippen LogP contribution in [-0.4, -0.2) is 62.5 Å². The molecule has 2 aromatic carbocycles. The van der Waals surface area contributed by atoms with Crippen molar-refractivity contribution in [2.24, 2.45) is 5.92 Å². The molecule has 1 atom stereocenters. The lowest BCUT2D eigenvalue weighted by atomic mass is 10.0. The number of anilines is 1. The Balaban J connectivity index is 1.32. The van der Waals surface area contributed by atoms with Crippen LogP contribution >= 0.6 is 0 Å². The van der Waals surface area contributed by atoms with Gasteiger partial charge in [0.1, 0.15) is 0 Å². The normalized spacial score (nSPS) is 18.8. The largest absolute Gasteiger partial charge is 0.493 e. The van der Waals surface area contributed by atoms with Crippen molar-refractivity contribution in [3.63, 3.8) is 0 Å². The number of carbonyl (C=O) groups is 3. The van der Waals surface area contributed by atoms with Gasteiger partial charge < -0.3 is 24.6 Å². The number of methoxy groups -OCH3 is 2. The standard InChI is InChI=1S/C25H29N3O5/c1-32-21-9-8-20(15-22(21)33-2)28-16-18(14-23(28)29)25(31)27-12-10-19(11-13-27)26-24(30)17-6-4-3-5-7-17/h3-9,15,18-19H,10-14,16H2,1-2H3,(H,26,30). The number of nitrogens with one attached hydrogen (secondary N) is 1. The number of amides is 3. The maximum absolute atomic E-state index is 13.1. The lowest BCUT2D eigenvalue weighted by Crippen LogP contribution is -2.48. The highest BCUT2D eigenvalue weighted by Gasteiger charge is 2.38. The van der Waals surface area contributed by atoms with Crippen molar-refractivity contribution < 1.29 is 23.9 Å². The molecule has 8 nitrogen and oxygen atoms in total. The molecule has 0 aromatic heterocycles. The summed E-state index contributed by atoms with van der Waals surface area (Å²) < 4.78 is 10.6. The fourth-order valence-electron chi connectivity index (χ4n) is 4.48. The number of benzene rings is 2. The summed E-state index contributed by atoms with van der Waals surface area (Å²) in [4.78, 5) is 41.6. The Morgan fingerprint density at radius 1 is 0.970 bits per heavy atom. The van der Waals surface area contributed by atoms with Gasteiger partial charge in [0.05, 0.1) is 20.1 Å². The number of ether oxygens (including phenoxy) is 2. The molecule has 33 heavy (non-hydrogen) atoms. The highest BCUT2D eigenvalue weighted by molar-refractivity contribution is 6.00. The Bertz CT molecular complexity index is 1020. The van der Waals surface area contributed by atoms with Gasteiger partial charge in [0.15, 0.2) is 11.5 Å². The minimum atomic E-state index is -0.374. The number of likely N-dealkylation sites (tertiary alicyclic amines) is 1. The molecule has 0 spiro atoms. The average molecular weight is 452 g/mol. The number of hydrogen-bond acceptors (Lipinski definition) is 5. The molecular weight excluding hydrogens is 422 g/mol. The van der Waals surface area contributed by atoms with Crippen molar-refractivity contribution in [2.75, 3.05) is 38.8 Å². The van der Waals surface area contributed by atoms with Gasteiger partial charge >= 0.3 is 0 Å². The first kappa shape index (κ1) is 22.6. The van der Waals surface area contributed by atoms with Crippen LogP contribution in [0.3, 0.4) is 0 Å². The van der Waals surface area contributed by atoms with Gasteiger partial charge in [-0.2, -0.15) is 0 Å². The van der Waals surface area contributed by atoms with Crippen molar-refractivity contribution in [3.05, 3.63) is 54.1 Å². The summed E-state index contributed by atoms with van der Waals surface area (Å²) in [7, 11) is 3.11. The molecule has 4 rings (SSSR count). The summed E-state index contributed by atoms with van der Waals surface area (Å²) in [6, 6.07) is 14.5. The topological polar surface area (TPSA) is 88.2 Å². The van der Waals surface area contributed by atoms with Crippen molar-refractivity contribution in [1.29, 1.82) is 0 Å². The number of hydrogen-bond donors (Lipinski definition) is 1. The second kappa shape index (κ2) is 9.94. The Morgan fingerprint density at radius 2 is 1.67 bits per heavy atom. The zero-order valence-electron chi connectivity index (χ0n) is 19.0. The molecule has 2 aromatic rings. The second-order valence-corrected chi connectivity index (χ2v) is 8.38. The summed E-state index contributed by atoms with van der Waals surface area (Å²) >= 11 is 0. The zero-order valence-corrected chi connectivity index (χ0v) is 19.0. The average Bonchev–Trinajstić information content (AvgIpc) is 3.25. The first-order valence-corrected chi connectivity index (χ1v) is 11.2. The summed E-state index contributed by atoms with van der Waals surface area (Å²) in [5.74, 6) is 0.582. The molecule has 3 amide bonds. The van der Waals surface area contributed by atoms with E-state index in [1.807, 2.05) is 23.1 Å². The molecule has 8 heteroatoms. The lowest BCUT2D eigenvalue weighted by Gasteiger charge is -2.33. The molecule has 1 N–H and O–H groups in total. The minimum Gasteiger partial charge on any atom is -0.493 e. The van der Waals surface area contributed by atoms with Crippen LogP contribution in [0.4, 0.5) is 5.69 Å². The fourth-order valence-corrected chi connectivity index (χ4v) is 4.48. The van der Waals surface area contributed by atoms with Gasteiger partial charge in [-0.3, -0.25) is 14.4 Å². The first-order chi connectivity index (χ1) is 16.0. The van der Waals surface area contributed by atoms with Crippen molar-refractivity contribution >= 4 is 23.4 Å². The smallest absolute Gasteiger partial charge is 0.251 e. The van der Waals surface area contributed by atoms with Crippen molar-refractivity contribution in [3.8, 4) is 11.5 Å². The monoisotopic (exact) mass is 451 g/mol. The Hall–Kier alpha value is -3.55. The Labute approximate surface area is 193 Å². The van der Waals surface area contributed by atoms with Gasteiger partial charge in [-0.1, -0.05) is 18.2 Å². The van der Waals surface area contributed by atoms with E-state index >= 15 is 0 Å². The zero-order chi connectivity index (χ0) is 23.4. The van der Waals surface area contributed by atoms with E-state index in [1.54, 1.807) is 49.5 Å². The van der Waals surface area contributed by atoms with Crippen LogP contribution in [-0.2, 0) is 9.59 Å². The molecule has 0 radical (unpaired) electrons. The van der Waals surface area contributed by atoms with E-state index in [4.69, 9.17) is 9.47 Å². The van der Waals surface area contributed by atoms with Gasteiger partial charge in [-0.15, -0.1) is 0 Å². The molecular formula is C25H29N3O5. The quantitative estimate of drug-likeness (QED) is 0.729. The minimum absolute atomic E-state index is 0.000775. The lowest BCUT2D eigenvalue weighted by molar-refractivity contribution is -0.136. The molecule has 2 heterocycles. The highest BCUT2D eigenvalue weighted by Crippen LogP contribution is 2.34. The number of rotatable bonds is 6. The van der Waals surface area contributed by atoms with Crippen molar-refractivity contribution in [1.82, 2.24) is 10.2 Å². The van der Waals surface area contributed by atoms with E-state index in [0.717, 1.165) is 0 Å². The summed E-state index contributed by atoms with van der Waals surface area (Å²) in [6.45, 7) is 1.48. The Kier molecular flexibility index (Phi) is 6.82. The maximum Gasteiger partial charge on any atom is 0.251 e. The predicted octanol–water partition coefficient (Wildman–Crippen LogP) is 2.48. The van der Waals surface area contributed by atoms with Gasteiger partial charge in [0, 0.05) is 49.4 Å². The number of nitrogens with zero attached hydrogens (tertiary/aromatic N) is 2. The van der Waals surface area contributed by atoms with Crippen molar-refractivity contribution in [2.45, 2.75) is 25.3 Å². The third-order valence-corrected chi connectivity index (χ3v) is 6.33. The van der Waals surface area contributed by atoms with Crippen LogP contribution in [0.2, 0.25) is 0 Å². The molecule has 1 unspecified atom stereocenters. The van der Waals surface area contributed by atoms with Gasteiger partial charge in [-0.05, 0) is 37.1 Å². The fraction of sp³-hybridized carbons (Fsp3) is 0.400. The van der Waals surface area contributed by atoms with Crippen LogP contribution in [0.25, 0.3) is 0 Å². The van der Waals surface area contributed by atoms with E-state index in [9.17, 15) is 14.4 Å². The van der Waals surface area contributed by atoms with Crippen LogP contribution in [0.1, 0.15) is 29.6 Å². The van der Waals surface area contributed by atoms with Crippen LogP contribution in [0.5, 0.6) is 11.5 Å². The van der Waals surface area contributed by atoms with E-state index in [0.29, 0.717) is 55.2 Å². The van der Waals surface area contributed by atoms with Gasteiger partial charge in [0.25, 0.3) is 5.91 Å². The third-order valence-electron chi connectivity index (χ3n) is 6.33. The van der Waals surface area contributed by atoms with Gasteiger partial charge in [-0.25, -0.2) is 0 Å².